The number of likely N-dealkylation sites (N-methyl/N-ethyl adjacent to an activating group) is 1. The molecule has 30 heavy (non-hydrogen) atoms. The number of amides is 2. The normalized spacial score (nSPS) is 15.8. The van der Waals surface area contributed by atoms with Gasteiger partial charge in [-0.25, -0.2) is 4.79 Å². The lowest BCUT2D eigenvalue weighted by Gasteiger charge is -2.22. The first kappa shape index (κ1) is 23.6. The van der Waals surface area contributed by atoms with Crippen LogP contribution < -0.4 is 16.3 Å². The number of anilines is 1. The predicted molar refractivity (Wildman–Crippen MR) is 119 cm³/mol. The zero-order valence-corrected chi connectivity index (χ0v) is 18.3. The van der Waals surface area contributed by atoms with E-state index in [-0.39, 0.29) is 36.2 Å². The van der Waals surface area contributed by atoms with Gasteiger partial charge >= 0.3 is 5.63 Å². The fraction of sp³-hybridized carbons (Fsp3) is 0.409. The molecule has 0 radical (unpaired) electrons. The highest BCUT2D eigenvalue weighted by molar-refractivity contribution is 6.05. The molecule has 2 amide bonds. The van der Waals surface area contributed by atoms with Gasteiger partial charge in [0.25, 0.3) is 5.91 Å². The van der Waals surface area contributed by atoms with Crippen LogP contribution in [0.2, 0.25) is 0 Å². The van der Waals surface area contributed by atoms with E-state index in [9.17, 15) is 14.4 Å². The summed E-state index contributed by atoms with van der Waals surface area (Å²) in [5, 5.41) is 6.07. The van der Waals surface area contributed by atoms with Crippen LogP contribution in [0.15, 0.2) is 39.5 Å². The van der Waals surface area contributed by atoms with Gasteiger partial charge in [-0.15, -0.1) is 12.4 Å². The molecule has 2 aromatic rings. The maximum Gasteiger partial charge on any atom is 0.349 e. The minimum absolute atomic E-state index is 0. The largest absolute Gasteiger partial charge is 0.427 e. The highest BCUT2D eigenvalue weighted by atomic mass is 35.5. The van der Waals surface area contributed by atoms with Crippen molar-refractivity contribution < 1.29 is 14.0 Å². The van der Waals surface area contributed by atoms with Gasteiger partial charge in [-0.2, -0.15) is 0 Å². The number of hydrogen-bond acceptors (Lipinski definition) is 5. The smallest absolute Gasteiger partial charge is 0.349 e. The number of benzene rings is 1. The maximum atomic E-state index is 12.8. The summed E-state index contributed by atoms with van der Waals surface area (Å²) in [5.41, 5.74) is 1.14. The molecule has 0 bridgehead atoms. The molecule has 7 nitrogen and oxygen atoms in total. The molecule has 1 aliphatic rings. The number of piperidine rings is 1. The molecule has 1 aromatic carbocycles. The quantitative estimate of drug-likeness (QED) is 0.756. The van der Waals surface area contributed by atoms with Gasteiger partial charge in [0.05, 0.1) is 6.42 Å². The van der Waals surface area contributed by atoms with Crippen molar-refractivity contribution in [2.45, 2.75) is 32.1 Å². The Labute approximate surface area is 182 Å². The molecule has 1 saturated heterocycles. The van der Waals surface area contributed by atoms with Crippen molar-refractivity contribution in [1.82, 2.24) is 10.2 Å². The Bertz CT molecular complexity index is 965. The molecule has 1 unspecified atom stereocenters. The average molecular weight is 434 g/mol. The van der Waals surface area contributed by atoms with Crippen molar-refractivity contribution in [3.05, 3.63) is 63.2 Å². The number of para-hydroxylation sites is 1. The number of hydrogen-bond donors (Lipinski definition) is 2. The first-order valence-electron chi connectivity index (χ1n) is 9.81. The lowest BCUT2D eigenvalue weighted by molar-refractivity contribution is -0.127. The lowest BCUT2D eigenvalue weighted by atomic mass is 9.95. The molecule has 1 aliphatic heterocycles. The summed E-state index contributed by atoms with van der Waals surface area (Å²) < 4.78 is 5.50. The minimum Gasteiger partial charge on any atom is -0.427 e. The number of halogens is 1. The van der Waals surface area contributed by atoms with E-state index in [0.717, 1.165) is 25.9 Å². The standard InChI is InChI=1S/C22H27N3O4.ClH/c1-14-11-18(16-8-6-10-23-13-16)29-22(28)20(14)21(27)24-17-9-5-4-7-15(17)12-19(26)25(2)3;/h4-5,7,9,11,16,23H,6,8,10,12-13H2,1-3H3,(H,24,27);1H. The molecule has 1 fully saturated rings. The molecule has 0 saturated carbocycles. The van der Waals surface area contributed by atoms with Gasteiger partial charge in [-0.3, -0.25) is 9.59 Å². The van der Waals surface area contributed by atoms with Crippen LogP contribution in [0.3, 0.4) is 0 Å². The molecule has 1 atom stereocenters. The Morgan fingerprint density at radius 1 is 1.27 bits per heavy atom. The van der Waals surface area contributed by atoms with E-state index in [1.807, 2.05) is 0 Å². The maximum absolute atomic E-state index is 12.8. The van der Waals surface area contributed by atoms with Gasteiger partial charge in [0.1, 0.15) is 11.3 Å². The lowest BCUT2D eigenvalue weighted by Crippen LogP contribution is -2.30. The number of nitrogens with one attached hydrogen (secondary N) is 2. The number of nitrogens with zero attached hydrogens (tertiary/aromatic N) is 1. The summed E-state index contributed by atoms with van der Waals surface area (Å²) in [4.78, 5) is 39.0. The Balaban J connectivity index is 0.00000320. The summed E-state index contributed by atoms with van der Waals surface area (Å²) in [7, 11) is 3.36. The summed E-state index contributed by atoms with van der Waals surface area (Å²) in [6.07, 6.45) is 2.14. The van der Waals surface area contributed by atoms with Crippen LogP contribution in [0.5, 0.6) is 0 Å². The highest BCUT2D eigenvalue weighted by Crippen LogP contribution is 2.24. The van der Waals surface area contributed by atoms with Crippen molar-refractivity contribution in [1.29, 1.82) is 0 Å². The second kappa shape index (κ2) is 10.4. The second-order valence-corrected chi connectivity index (χ2v) is 7.61. The molecule has 0 aliphatic carbocycles. The zero-order valence-electron chi connectivity index (χ0n) is 17.5. The van der Waals surface area contributed by atoms with Crippen LogP contribution in [-0.2, 0) is 11.2 Å². The molecule has 1 aromatic heterocycles. The minimum atomic E-state index is -0.634. The average Bonchev–Trinajstić information content (AvgIpc) is 2.69. The van der Waals surface area contributed by atoms with Crippen LogP contribution in [0, 0.1) is 6.92 Å². The van der Waals surface area contributed by atoms with Crippen LogP contribution in [0.1, 0.15) is 46.0 Å². The molecule has 3 rings (SSSR count). The van der Waals surface area contributed by atoms with Gasteiger partial charge in [-0.05, 0) is 49.6 Å². The molecule has 162 valence electrons. The van der Waals surface area contributed by atoms with Crippen molar-refractivity contribution in [2.24, 2.45) is 0 Å². The van der Waals surface area contributed by atoms with Crippen LogP contribution in [0.4, 0.5) is 5.69 Å². The first-order valence-corrected chi connectivity index (χ1v) is 9.81. The van der Waals surface area contributed by atoms with Crippen molar-refractivity contribution >= 4 is 29.9 Å². The highest BCUT2D eigenvalue weighted by Gasteiger charge is 2.23. The van der Waals surface area contributed by atoms with E-state index in [1.165, 1.54) is 4.90 Å². The van der Waals surface area contributed by atoms with Gasteiger partial charge in [-0.1, -0.05) is 18.2 Å². The fourth-order valence-electron chi connectivity index (χ4n) is 3.50. The van der Waals surface area contributed by atoms with Crippen molar-refractivity contribution in [2.75, 3.05) is 32.5 Å². The van der Waals surface area contributed by atoms with E-state index >= 15 is 0 Å². The second-order valence-electron chi connectivity index (χ2n) is 7.61. The molecular formula is C22H28ClN3O4. The number of carbonyl (C=O) groups excluding carboxylic acids is 2. The molecular weight excluding hydrogens is 406 g/mol. The summed E-state index contributed by atoms with van der Waals surface area (Å²) in [6, 6.07) is 8.87. The molecule has 8 heteroatoms. The third-order valence-electron chi connectivity index (χ3n) is 5.20. The molecule has 0 spiro atoms. The number of carbonyl (C=O) groups is 2. The Morgan fingerprint density at radius 3 is 2.63 bits per heavy atom. The molecule has 2 heterocycles. The fourth-order valence-corrected chi connectivity index (χ4v) is 3.50. The van der Waals surface area contributed by atoms with E-state index in [4.69, 9.17) is 4.42 Å². The third kappa shape index (κ3) is 5.49. The number of aryl methyl sites for hydroxylation is 1. The van der Waals surface area contributed by atoms with Gasteiger partial charge < -0.3 is 20.0 Å². The van der Waals surface area contributed by atoms with Crippen LogP contribution in [0.25, 0.3) is 0 Å². The van der Waals surface area contributed by atoms with Crippen molar-refractivity contribution in [3.8, 4) is 0 Å². The summed E-state index contributed by atoms with van der Waals surface area (Å²) in [6.45, 7) is 3.48. The van der Waals surface area contributed by atoms with Crippen LogP contribution in [-0.4, -0.2) is 43.9 Å². The monoisotopic (exact) mass is 433 g/mol. The van der Waals surface area contributed by atoms with Gasteiger partial charge in [0, 0.05) is 32.2 Å². The number of rotatable bonds is 5. The summed E-state index contributed by atoms with van der Waals surface area (Å²) in [5.74, 6) is 0.153. The van der Waals surface area contributed by atoms with Gasteiger partial charge in [0.15, 0.2) is 0 Å². The van der Waals surface area contributed by atoms with E-state index in [0.29, 0.717) is 22.6 Å². The van der Waals surface area contributed by atoms with E-state index < -0.39 is 11.5 Å². The Morgan fingerprint density at radius 2 is 2.00 bits per heavy atom. The Kier molecular flexibility index (Phi) is 8.20. The first-order chi connectivity index (χ1) is 13.9. The van der Waals surface area contributed by atoms with E-state index in [1.54, 1.807) is 51.4 Å². The van der Waals surface area contributed by atoms with E-state index in [2.05, 4.69) is 10.6 Å². The van der Waals surface area contributed by atoms with Crippen molar-refractivity contribution in [3.63, 3.8) is 0 Å². The zero-order chi connectivity index (χ0) is 21.0. The van der Waals surface area contributed by atoms with Gasteiger partial charge in [0.2, 0.25) is 5.91 Å². The molecule has 2 N–H and O–H groups in total. The Hall–Kier alpha value is -2.64. The summed E-state index contributed by atoms with van der Waals surface area (Å²) >= 11 is 0. The predicted octanol–water partition coefficient (Wildman–Crippen LogP) is 2.72. The van der Waals surface area contributed by atoms with Crippen LogP contribution >= 0.6 is 12.4 Å². The topological polar surface area (TPSA) is 91.6 Å². The third-order valence-corrected chi connectivity index (χ3v) is 5.20. The SMILES string of the molecule is Cc1cc(C2CCCNC2)oc(=O)c1C(=O)Nc1ccccc1CC(=O)N(C)C.Cl.